The van der Waals surface area contributed by atoms with Gasteiger partial charge in [0.1, 0.15) is 0 Å². The molecule has 0 unspecified atom stereocenters. The topological polar surface area (TPSA) is 69.2 Å². The van der Waals surface area contributed by atoms with Crippen LogP contribution in [0.5, 0.6) is 0 Å². The van der Waals surface area contributed by atoms with Crippen molar-refractivity contribution in [3.63, 3.8) is 0 Å². The molecule has 1 radical (unpaired) electrons. The third-order valence-corrected chi connectivity index (χ3v) is 2.19. The monoisotopic (exact) mass is 217 g/mol. The highest BCUT2D eigenvalue weighted by molar-refractivity contribution is 5.70. The smallest absolute Gasteiger partial charge is 0.339 e. The molecule has 0 spiro atoms. The van der Waals surface area contributed by atoms with Gasteiger partial charge in [-0.3, -0.25) is 10.1 Å². The van der Waals surface area contributed by atoms with Crippen molar-refractivity contribution >= 4 is 5.69 Å². The van der Waals surface area contributed by atoms with Crippen molar-refractivity contribution in [1.29, 1.82) is 0 Å². The van der Waals surface area contributed by atoms with Crippen LogP contribution < -0.4 is 0 Å². The van der Waals surface area contributed by atoms with Gasteiger partial charge in [-0.15, -0.1) is 0 Å². The molecular formula is C11H9N2O3. The zero-order valence-corrected chi connectivity index (χ0v) is 8.42. The summed E-state index contributed by atoms with van der Waals surface area (Å²) in [7, 11) is 0. The molecule has 16 heavy (non-hydrogen) atoms. The van der Waals surface area contributed by atoms with E-state index in [1.54, 1.807) is 24.3 Å². The fourth-order valence-electron chi connectivity index (χ4n) is 1.46. The average Bonchev–Trinajstić information content (AvgIpc) is 2.73. The van der Waals surface area contributed by atoms with Gasteiger partial charge in [-0.05, 0) is 6.92 Å². The highest BCUT2D eigenvalue weighted by atomic mass is 16.6. The lowest BCUT2D eigenvalue weighted by molar-refractivity contribution is -0.385. The van der Waals surface area contributed by atoms with Crippen molar-refractivity contribution in [1.82, 2.24) is 5.16 Å². The third-order valence-electron chi connectivity index (χ3n) is 2.19. The van der Waals surface area contributed by atoms with E-state index in [2.05, 4.69) is 12.1 Å². The first-order chi connectivity index (χ1) is 7.74. The SMILES string of the molecule is [CH2]Cc1onc(-c2ccccc2)c1[N+](=O)[O-]. The van der Waals surface area contributed by atoms with Gasteiger partial charge in [0.05, 0.1) is 4.92 Å². The Bertz CT molecular complexity index is 505. The number of hydrogen-bond donors (Lipinski definition) is 0. The maximum Gasteiger partial charge on any atom is 0.339 e. The van der Waals surface area contributed by atoms with Crippen LogP contribution in [0, 0.1) is 17.0 Å². The van der Waals surface area contributed by atoms with Crippen molar-refractivity contribution in [3.05, 3.63) is 53.1 Å². The van der Waals surface area contributed by atoms with Gasteiger partial charge in [-0.25, -0.2) is 0 Å². The fourth-order valence-corrected chi connectivity index (χ4v) is 1.46. The molecule has 0 amide bonds. The third kappa shape index (κ3) is 1.67. The second-order valence-corrected chi connectivity index (χ2v) is 3.18. The Morgan fingerprint density at radius 2 is 2.06 bits per heavy atom. The van der Waals surface area contributed by atoms with Crippen molar-refractivity contribution < 1.29 is 9.45 Å². The zero-order chi connectivity index (χ0) is 11.5. The average molecular weight is 217 g/mol. The molecule has 5 nitrogen and oxygen atoms in total. The molecular weight excluding hydrogens is 208 g/mol. The van der Waals surface area contributed by atoms with Crippen molar-refractivity contribution in [3.8, 4) is 11.3 Å². The van der Waals surface area contributed by atoms with Crippen LogP contribution in [0.25, 0.3) is 11.3 Å². The summed E-state index contributed by atoms with van der Waals surface area (Å²) in [6.07, 6.45) is 0.205. The minimum absolute atomic E-state index is 0.0961. The Balaban J connectivity index is 2.58. The van der Waals surface area contributed by atoms with Gasteiger partial charge >= 0.3 is 5.69 Å². The van der Waals surface area contributed by atoms with Gasteiger partial charge in [0.15, 0.2) is 5.69 Å². The number of benzene rings is 1. The quantitative estimate of drug-likeness (QED) is 0.585. The summed E-state index contributed by atoms with van der Waals surface area (Å²) in [4.78, 5) is 10.4. The fraction of sp³-hybridized carbons (Fsp3) is 0.0909. The minimum atomic E-state index is -0.487. The lowest BCUT2D eigenvalue weighted by Gasteiger charge is -1.94. The molecule has 0 aliphatic carbocycles. The van der Waals surface area contributed by atoms with Gasteiger partial charge < -0.3 is 4.52 Å². The summed E-state index contributed by atoms with van der Waals surface area (Å²) >= 11 is 0. The van der Waals surface area contributed by atoms with Crippen LogP contribution in [0.2, 0.25) is 0 Å². The molecule has 0 saturated carbocycles. The predicted molar refractivity (Wildman–Crippen MR) is 57.7 cm³/mol. The number of nitrogens with zero attached hydrogens (tertiary/aromatic N) is 2. The molecule has 1 aromatic heterocycles. The van der Waals surface area contributed by atoms with Gasteiger partial charge in [0, 0.05) is 12.0 Å². The Labute approximate surface area is 91.8 Å². The summed E-state index contributed by atoms with van der Waals surface area (Å²) in [5, 5.41) is 14.6. The van der Waals surface area contributed by atoms with Crippen LogP contribution in [0.3, 0.4) is 0 Å². The van der Waals surface area contributed by atoms with E-state index in [0.717, 1.165) is 0 Å². The second-order valence-electron chi connectivity index (χ2n) is 3.18. The van der Waals surface area contributed by atoms with Crippen LogP contribution in [0.4, 0.5) is 5.69 Å². The highest BCUT2D eigenvalue weighted by Gasteiger charge is 2.26. The molecule has 0 aliphatic heterocycles. The molecule has 2 aromatic rings. The normalized spacial score (nSPS) is 10.3. The summed E-state index contributed by atoms with van der Waals surface area (Å²) in [6, 6.07) is 8.91. The Kier molecular flexibility index (Phi) is 2.68. The molecule has 2 rings (SSSR count). The van der Waals surface area contributed by atoms with Crippen LogP contribution in [0.1, 0.15) is 5.76 Å². The van der Waals surface area contributed by atoms with Crippen LogP contribution in [-0.2, 0) is 6.42 Å². The largest absolute Gasteiger partial charge is 0.353 e. The van der Waals surface area contributed by atoms with Crippen molar-refractivity contribution in [2.75, 3.05) is 0 Å². The van der Waals surface area contributed by atoms with E-state index in [1.807, 2.05) is 6.07 Å². The maximum absolute atomic E-state index is 10.9. The predicted octanol–water partition coefficient (Wildman–Crippen LogP) is 2.63. The minimum Gasteiger partial charge on any atom is -0.353 e. The molecule has 0 N–H and O–H groups in total. The number of rotatable bonds is 3. The van der Waals surface area contributed by atoms with Crippen LogP contribution >= 0.6 is 0 Å². The lowest BCUT2D eigenvalue weighted by Crippen LogP contribution is -1.92. The van der Waals surface area contributed by atoms with Crippen molar-refractivity contribution in [2.45, 2.75) is 6.42 Å². The van der Waals surface area contributed by atoms with E-state index < -0.39 is 4.92 Å². The van der Waals surface area contributed by atoms with Gasteiger partial charge in [0.25, 0.3) is 0 Å². The number of aromatic nitrogens is 1. The van der Waals surface area contributed by atoms with Gasteiger partial charge in [0.2, 0.25) is 5.76 Å². The van der Waals surface area contributed by atoms with E-state index in [4.69, 9.17) is 4.52 Å². The van der Waals surface area contributed by atoms with Crippen LogP contribution in [-0.4, -0.2) is 10.1 Å². The van der Waals surface area contributed by atoms with E-state index in [-0.39, 0.29) is 23.6 Å². The maximum atomic E-state index is 10.9. The van der Waals surface area contributed by atoms with E-state index in [9.17, 15) is 10.1 Å². The Hall–Kier alpha value is -2.17. The standard InChI is InChI=1S/C11H9N2O3/c1-2-9-11(13(14)15)10(12-16-9)8-6-4-3-5-7-8/h3-7H,1-2H2. The molecule has 0 bridgehead atoms. The summed E-state index contributed by atoms with van der Waals surface area (Å²) < 4.78 is 4.91. The lowest BCUT2D eigenvalue weighted by atomic mass is 10.1. The number of nitro groups is 1. The molecule has 0 atom stereocenters. The first-order valence-corrected chi connectivity index (χ1v) is 4.71. The first kappa shape index (κ1) is 10.4. The zero-order valence-electron chi connectivity index (χ0n) is 8.42. The summed E-state index contributed by atoms with van der Waals surface area (Å²) in [6.45, 7) is 3.57. The number of hydrogen-bond acceptors (Lipinski definition) is 4. The second kappa shape index (κ2) is 4.14. The molecule has 1 aromatic carbocycles. The van der Waals surface area contributed by atoms with Crippen molar-refractivity contribution in [2.24, 2.45) is 0 Å². The van der Waals surface area contributed by atoms with E-state index in [0.29, 0.717) is 5.56 Å². The first-order valence-electron chi connectivity index (χ1n) is 4.71. The highest BCUT2D eigenvalue weighted by Crippen LogP contribution is 2.32. The molecule has 0 saturated heterocycles. The summed E-state index contributed by atoms with van der Waals surface area (Å²) in [5.41, 5.74) is 0.822. The molecule has 0 fully saturated rings. The molecule has 0 aliphatic rings. The Morgan fingerprint density at radius 1 is 1.38 bits per heavy atom. The van der Waals surface area contributed by atoms with Crippen LogP contribution in [0.15, 0.2) is 34.9 Å². The Morgan fingerprint density at radius 3 is 2.62 bits per heavy atom. The van der Waals surface area contributed by atoms with Gasteiger partial charge in [-0.1, -0.05) is 35.5 Å². The van der Waals surface area contributed by atoms with E-state index in [1.165, 1.54) is 0 Å². The van der Waals surface area contributed by atoms with E-state index >= 15 is 0 Å². The summed E-state index contributed by atoms with van der Waals surface area (Å²) in [5.74, 6) is 0.198. The molecule has 81 valence electrons. The molecule has 5 heteroatoms. The van der Waals surface area contributed by atoms with Gasteiger partial charge in [-0.2, -0.15) is 0 Å². The molecule has 1 heterocycles.